The number of rotatable bonds is 5. The summed E-state index contributed by atoms with van der Waals surface area (Å²) in [5.41, 5.74) is 4.42. The van der Waals surface area contributed by atoms with E-state index >= 15 is 0 Å². The first kappa shape index (κ1) is 23.8. The normalized spacial score (nSPS) is 23.4. The summed E-state index contributed by atoms with van der Waals surface area (Å²) in [6, 6.07) is 17.5. The molecule has 0 bridgehead atoms. The molecular weight excluding hydrogens is 486 g/mol. The van der Waals surface area contributed by atoms with Crippen molar-refractivity contribution in [1.82, 2.24) is 14.9 Å². The molecule has 3 fully saturated rings. The number of benzene rings is 1. The molecular formula is C29H34ClN5S. The minimum absolute atomic E-state index is 0.0132. The lowest BCUT2D eigenvalue weighted by Gasteiger charge is -2.34. The van der Waals surface area contributed by atoms with Gasteiger partial charge in [-0.15, -0.1) is 0 Å². The molecule has 3 aliphatic rings. The van der Waals surface area contributed by atoms with Crippen molar-refractivity contribution in [1.29, 1.82) is 0 Å². The summed E-state index contributed by atoms with van der Waals surface area (Å²) < 4.78 is 2.49. The first-order chi connectivity index (χ1) is 17.6. The number of pyridine rings is 1. The van der Waals surface area contributed by atoms with E-state index in [-0.39, 0.29) is 12.1 Å². The van der Waals surface area contributed by atoms with Crippen LogP contribution in [0.4, 0.5) is 11.4 Å². The molecule has 6 rings (SSSR count). The SMILES string of the molecule is CC1CCN(c2ccc(N3C(=S)N[C@H](c4ccccn4)[C@H]3c3cccn3C3CCCC3)cc2Cl)CC1. The zero-order chi connectivity index (χ0) is 24.6. The Morgan fingerprint density at radius 1 is 1.00 bits per heavy atom. The molecule has 3 aromatic rings. The molecule has 0 radical (unpaired) electrons. The van der Waals surface area contributed by atoms with Crippen LogP contribution in [0, 0.1) is 5.92 Å². The molecule has 1 aromatic carbocycles. The van der Waals surface area contributed by atoms with Gasteiger partial charge in [-0.3, -0.25) is 4.98 Å². The van der Waals surface area contributed by atoms with Crippen LogP contribution in [-0.2, 0) is 0 Å². The number of aromatic nitrogens is 2. The fourth-order valence-corrected chi connectivity index (χ4v) is 6.90. The Hall–Kier alpha value is -2.57. The Morgan fingerprint density at radius 3 is 2.53 bits per heavy atom. The van der Waals surface area contributed by atoms with E-state index in [1.165, 1.54) is 44.2 Å². The van der Waals surface area contributed by atoms with Crippen LogP contribution < -0.4 is 15.1 Å². The summed E-state index contributed by atoms with van der Waals surface area (Å²) >= 11 is 12.9. The van der Waals surface area contributed by atoms with Gasteiger partial charge in [0.05, 0.1) is 22.4 Å². The van der Waals surface area contributed by atoms with E-state index in [1.54, 1.807) is 0 Å². The largest absolute Gasteiger partial charge is 0.370 e. The second-order valence-electron chi connectivity index (χ2n) is 10.6. The summed E-state index contributed by atoms with van der Waals surface area (Å²) in [6.45, 7) is 4.45. The number of halogens is 1. The maximum Gasteiger partial charge on any atom is 0.174 e. The van der Waals surface area contributed by atoms with Crippen LogP contribution in [0.15, 0.2) is 60.9 Å². The first-order valence-corrected chi connectivity index (χ1v) is 14.1. The first-order valence-electron chi connectivity index (χ1n) is 13.3. The third-order valence-electron chi connectivity index (χ3n) is 8.26. The summed E-state index contributed by atoms with van der Waals surface area (Å²) in [4.78, 5) is 9.39. The highest BCUT2D eigenvalue weighted by molar-refractivity contribution is 7.80. The molecule has 2 atom stereocenters. The van der Waals surface area contributed by atoms with Crippen molar-refractivity contribution in [3.8, 4) is 0 Å². The maximum absolute atomic E-state index is 6.94. The molecule has 1 aliphatic carbocycles. The van der Waals surface area contributed by atoms with Gasteiger partial charge < -0.3 is 19.7 Å². The van der Waals surface area contributed by atoms with Crippen LogP contribution in [0.25, 0.3) is 0 Å². The monoisotopic (exact) mass is 519 g/mol. The van der Waals surface area contributed by atoms with Crippen LogP contribution in [-0.4, -0.2) is 27.8 Å². The Morgan fingerprint density at radius 2 is 1.81 bits per heavy atom. The van der Waals surface area contributed by atoms with Crippen molar-refractivity contribution in [2.75, 3.05) is 22.9 Å². The predicted molar refractivity (Wildman–Crippen MR) is 152 cm³/mol. The Kier molecular flexibility index (Phi) is 6.65. The minimum Gasteiger partial charge on any atom is -0.370 e. The van der Waals surface area contributed by atoms with Crippen LogP contribution >= 0.6 is 23.8 Å². The summed E-state index contributed by atoms with van der Waals surface area (Å²) in [5, 5.41) is 5.11. The zero-order valence-electron chi connectivity index (χ0n) is 20.8. The van der Waals surface area contributed by atoms with Crippen molar-refractivity contribution < 1.29 is 0 Å². The molecule has 7 heteroatoms. The molecule has 5 nitrogen and oxygen atoms in total. The standard InChI is InChI=1S/C29H34ClN5S/c1-20-13-17-33(18-14-20)25-12-11-22(19-23(25)30)35-28(26-10-6-16-34(26)21-7-2-3-8-21)27(32-29(35)36)24-9-4-5-15-31-24/h4-6,9-12,15-16,19-21,27-28H,2-3,7-8,13-14,17-18H2,1H3,(H,32,36)/t27-,28-/m1/s1. The van der Waals surface area contributed by atoms with Crippen LogP contribution in [0.5, 0.6) is 0 Å². The van der Waals surface area contributed by atoms with Crippen molar-refractivity contribution in [3.63, 3.8) is 0 Å². The number of nitrogens with zero attached hydrogens (tertiary/aromatic N) is 4. The van der Waals surface area contributed by atoms with Crippen LogP contribution in [0.2, 0.25) is 5.02 Å². The lowest BCUT2D eigenvalue weighted by Crippen LogP contribution is -2.33. The number of anilines is 2. The molecule has 0 amide bonds. The number of hydrogen-bond donors (Lipinski definition) is 1. The van der Waals surface area contributed by atoms with Crippen molar-refractivity contribution in [3.05, 3.63) is 77.3 Å². The molecule has 2 aromatic heterocycles. The smallest absolute Gasteiger partial charge is 0.174 e. The molecule has 36 heavy (non-hydrogen) atoms. The fraction of sp³-hybridized carbons (Fsp3) is 0.448. The van der Waals surface area contributed by atoms with Gasteiger partial charge in [0.1, 0.15) is 6.04 Å². The number of thiocarbonyl (C=S) groups is 1. The number of piperidine rings is 1. The van der Waals surface area contributed by atoms with Gasteiger partial charge in [-0.1, -0.05) is 37.4 Å². The van der Waals surface area contributed by atoms with Crippen LogP contribution in [0.1, 0.15) is 75.0 Å². The van der Waals surface area contributed by atoms with Gasteiger partial charge in [0.25, 0.3) is 0 Å². The fourth-order valence-electron chi connectivity index (χ4n) is 6.26. The predicted octanol–water partition coefficient (Wildman–Crippen LogP) is 7.07. The third kappa shape index (κ3) is 4.39. The highest BCUT2D eigenvalue weighted by atomic mass is 35.5. The van der Waals surface area contributed by atoms with E-state index in [0.717, 1.165) is 41.1 Å². The highest BCUT2D eigenvalue weighted by Gasteiger charge is 2.42. The molecule has 188 valence electrons. The van der Waals surface area contributed by atoms with Gasteiger partial charge in [0, 0.05) is 42.9 Å². The van der Waals surface area contributed by atoms with Crippen molar-refractivity contribution >= 4 is 40.3 Å². The van der Waals surface area contributed by atoms with Gasteiger partial charge in [0.2, 0.25) is 0 Å². The molecule has 0 unspecified atom stereocenters. The van der Waals surface area contributed by atoms with Gasteiger partial charge >= 0.3 is 0 Å². The Labute approximate surface area is 224 Å². The lowest BCUT2D eigenvalue weighted by molar-refractivity contribution is 0.438. The highest BCUT2D eigenvalue weighted by Crippen LogP contribution is 2.45. The van der Waals surface area contributed by atoms with Crippen molar-refractivity contribution in [2.45, 2.75) is 63.6 Å². The molecule has 2 saturated heterocycles. The summed E-state index contributed by atoms with van der Waals surface area (Å²) in [5.74, 6) is 0.785. The van der Waals surface area contributed by atoms with Crippen LogP contribution in [0.3, 0.4) is 0 Å². The molecule has 0 spiro atoms. The topological polar surface area (TPSA) is 36.3 Å². The van der Waals surface area contributed by atoms with E-state index in [0.29, 0.717) is 11.2 Å². The summed E-state index contributed by atoms with van der Waals surface area (Å²) in [7, 11) is 0. The van der Waals surface area contributed by atoms with Gasteiger partial charge in [-0.05, 0) is 86.3 Å². The lowest BCUT2D eigenvalue weighted by atomic mass is 9.98. The van der Waals surface area contributed by atoms with Gasteiger partial charge in [-0.2, -0.15) is 0 Å². The van der Waals surface area contributed by atoms with E-state index in [1.807, 2.05) is 18.3 Å². The molecule has 2 aliphatic heterocycles. The van der Waals surface area contributed by atoms with E-state index in [4.69, 9.17) is 28.8 Å². The Balaban J connectivity index is 1.39. The van der Waals surface area contributed by atoms with E-state index < -0.39 is 0 Å². The second kappa shape index (κ2) is 10.1. The molecule has 1 saturated carbocycles. The quantitative estimate of drug-likeness (QED) is 0.365. The average molecular weight is 520 g/mol. The minimum atomic E-state index is -0.0456. The Bertz CT molecular complexity index is 1210. The number of hydrogen-bond acceptors (Lipinski definition) is 3. The molecule has 1 N–H and O–H groups in total. The van der Waals surface area contributed by atoms with Gasteiger partial charge in [0.15, 0.2) is 5.11 Å². The third-order valence-corrected chi connectivity index (χ3v) is 8.88. The average Bonchev–Trinajstić information content (AvgIpc) is 3.65. The van der Waals surface area contributed by atoms with Crippen molar-refractivity contribution in [2.24, 2.45) is 5.92 Å². The summed E-state index contributed by atoms with van der Waals surface area (Å²) in [6.07, 6.45) is 11.6. The maximum atomic E-state index is 6.94. The van der Waals surface area contributed by atoms with E-state index in [9.17, 15) is 0 Å². The molecule has 4 heterocycles. The zero-order valence-corrected chi connectivity index (χ0v) is 22.4. The second-order valence-corrected chi connectivity index (χ2v) is 11.4. The van der Waals surface area contributed by atoms with E-state index in [2.05, 4.69) is 69.2 Å². The number of nitrogens with one attached hydrogen (secondary N) is 1. The van der Waals surface area contributed by atoms with Gasteiger partial charge in [-0.25, -0.2) is 0 Å².